The number of nitrogens with one attached hydrogen (secondary N) is 1. The Kier molecular flexibility index (Phi) is 4.24. The van der Waals surface area contributed by atoms with E-state index >= 15 is 0 Å². The maximum Gasteiger partial charge on any atom is 0.230 e. The number of ether oxygens (including phenoxy) is 1. The second kappa shape index (κ2) is 6.31. The topological polar surface area (TPSA) is 74.0 Å². The summed E-state index contributed by atoms with van der Waals surface area (Å²) in [5.74, 6) is 0.521. The molecule has 0 saturated carbocycles. The van der Waals surface area contributed by atoms with Crippen molar-refractivity contribution in [3.8, 4) is 0 Å². The number of aromatic nitrogens is 4. The van der Waals surface area contributed by atoms with Gasteiger partial charge in [-0.1, -0.05) is 0 Å². The molecule has 0 bridgehead atoms. The lowest BCUT2D eigenvalue weighted by atomic mass is 9.92. The van der Waals surface area contributed by atoms with E-state index in [-0.39, 0.29) is 17.9 Å². The van der Waals surface area contributed by atoms with Crippen LogP contribution in [0.1, 0.15) is 31.7 Å². The van der Waals surface area contributed by atoms with Crippen molar-refractivity contribution in [3.05, 3.63) is 30.6 Å². The SMILES string of the molecule is CCn1cc(NC(=O)[C@@H]2CCCO[C@H]2c2nccn2C)cn1. The molecule has 7 heteroatoms. The molecule has 1 amide bonds. The van der Waals surface area contributed by atoms with E-state index in [4.69, 9.17) is 4.74 Å². The summed E-state index contributed by atoms with van der Waals surface area (Å²) in [7, 11) is 1.92. The summed E-state index contributed by atoms with van der Waals surface area (Å²) in [4.78, 5) is 17.0. The van der Waals surface area contributed by atoms with Crippen molar-refractivity contribution < 1.29 is 9.53 Å². The monoisotopic (exact) mass is 303 g/mol. The Bertz CT molecular complexity index is 648. The van der Waals surface area contributed by atoms with Gasteiger partial charge >= 0.3 is 0 Å². The minimum Gasteiger partial charge on any atom is -0.369 e. The van der Waals surface area contributed by atoms with Gasteiger partial charge in [-0.3, -0.25) is 9.48 Å². The normalized spacial score (nSPS) is 21.7. The predicted molar refractivity (Wildman–Crippen MR) is 81.2 cm³/mol. The Morgan fingerprint density at radius 1 is 1.55 bits per heavy atom. The van der Waals surface area contributed by atoms with Crippen molar-refractivity contribution in [2.24, 2.45) is 13.0 Å². The van der Waals surface area contributed by atoms with E-state index in [2.05, 4.69) is 15.4 Å². The molecule has 22 heavy (non-hydrogen) atoms. The van der Waals surface area contributed by atoms with Crippen LogP contribution in [0.15, 0.2) is 24.8 Å². The summed E-state index contributed by atoms with van der Waals surface area (Å²) >= 11 is 0. The van der Waals surface area contributed by atoms with Crippen LogP contribution in [-0.2, 0) is 23.1 Å². The summed E-state index contributed by atoms with van der Waals surface area (Å²) in [6, 6.07) is 0. The fourth-order valence-corrected chi connectivity index (χ4v) is 2.79. The fraction of sp³-hybridized carbons (Fsp3) is 0.533. The van der Waals surface area contributed by atoms with E-state index in [1.165, 1.54) is 0 Å². The molecule has 3 rings (SSSR count). The molecule has 0 radical (unpaired) electrons. The molecule has 7 nitrogen and oxygen atoms in total. The second-order valence-corrected chi connectivity index (χ2v) is 5.51. The van der Waals surface area contributed by atoms with Crippen molar-refractivity contribution >= 4 is 11.6 Å². The third kappa shape index (κ3) is 2.89. The van der Waals surface area contributed by atoms with Crippen molar-refractivity contribution in [1.82, 2.24) is 19.3 Å². The van der Waals surface area contributed by atoms with Gasteiger partial charge in [0.2, 0.25) is 5.91 Å². The van der Waals surface area contributed by atoms with E-state index in [0.29, 0.717) is 6.61 Å². The average Bonchev–Trinajstić information content (AvgIpc) is 3.16. The molecule has 2 aromatic rings. The molecule has 118 valence electrons. The van der Waals surface area contributed by atoms with Crippen LogP contribution in [0.3, 0.4) is 0 Å². The van der Waals surface area contributed by atoms with Gasteiger partial charge in [0.25, 0.3) is 0 Å². The highest BCUT2D eigenvalue weighted by atomic mass is 16.5. The van der Waals surface area contributed by atoms with E-state index in [9.17, 15) is 4.79 Å². The van der Waals surface area contributed by atoms with Gasteiger partial charge < -0.3 is 14.6 Å². The molecule has 2 aromatic heterocycles. The van der Waals surface area contributed by atoms with Gasteiger partial charge in [0, 0.05) is 38.8 Å². The van der Waals surface area contributed by atoms with Gasteiger partial charge in [0.15, 0.2) is 0 Å². The van der Waals surface area contributed by atoms with Gasteiger partial charge in [0.1, 0.15) is 11.9 Å². The first-order valence-corrected chi connectivity index (χ1v) is 7.61. The van der Waals surface area contributed by atoms with Gasteiger partial charge in [0.05, 0.1) is 17.8 Å². The number of nitrogens with zero attached hydrogens (tertiary/aromatic N) is 4. The first-order valence-electron chi connectivity index (χ1n) is 7.61. The molecule has 2 atom stereocenters. The van der Waals surface area contributed by atoms with Crippen molar-refractivity contribution in [1.29, 1.82) is 0 Å². The third-order valence-corrected chi connectivity index (χ3v) is 4.00. The summed E-state index contributed by atoms with van der Waals surface area (Å²) in [5, 5.41) is 7.11. The van der Waals surface area contributed by atoms with Crippen LogP contribution < -0.4 is 5.32 Å². The number of anilines is 1. The highest BCUT2D eigenvalue weighted by molar-refractivity contribution is 5.92. The molecular formula is C15H21N5O2. The smallest absolute Gasteiger partial charge is 0.230 e. The Labute approximate surface area is 129 Å². The number of hydrogen-bond acceptors (Lipinski definition) is 4. The van der Waals surface area contributed by atoms with Crippen LogP contribution in [-0.4, -0.2) is 31.8 Å². The molecular weight excluding hydrogens is 282 g/mol. The molecule has 1 saturated heterocycles. The Morgan fingerprint density at radius 3 is 3.09 bits per heavy atom. The maximum atomic E-state index is 12.6. The highest BCUT2D eigenvalue weighted by Gasteiger charge is 2.35. The number of aryl methyl sites for hydroxylation is 2. The number of hydrogen-bond donors (Lipinski definition) is 1. The van der Waals surface area contributed by atoms with E-state index < -0.39 is 0 Å². The number of carbonyl (C=O) groups excluding carboxylic acids is 1. The van der Waals surface area contributed by atoms with Crippen LogP contribution in [0.5, 0.6) is 0 Å². The fourth-order valence-electron chi connectivity index (χ4n) is 2.79. The molecule has 3 heterocycles. The van der Waals surface area contributed by atoms with Crippen LogP contribution >= 0.6 is 0 Å². The van der Waals surface area contributed by atoms with Gasteiger partial charge in [-0.15, -0.1) is 0 Å². The number of rotatable bonds is 4. The summed E-state index contributed by atoms with van der Waals surface area (Å²) in [5.41, 5.74) is 0.719. The summed E-state index contributed by atoms with van der Waals surface area (Å²) in [6.45, 7) is 3.44. The Morgan fingerprint density at radius 2 is 2.41 bits per heavy atom. The van der Waals surface area contributed by atoms with E-state index in [0.717, 1.165) is 30.9 Å². The zero-order chi connectivity index (χ0) is 15.5. The summed E-state index contributed by atoms with van der Waals surface area (Å²) < 4.78 is 9.53. The highest BCUT2D eigenvalue weighted by Crippen LogP contribution is 2.33. The first kappa shape index (κ1) is 14.8. The van der Waals surface area contributed by atoms with Gasteiger partial charge in [-0.2, -0.15) is 5.10 Å². The number of imidazole rings is 1. The Hall–Kier alpha value is -2.15. The minimum atomic E-state index is -0.296. The lowest BCUT2D eigenvalue weighted by Crippen LogP contribution is -2.34. The lowest BCUT2D eigenvalue weighted by Gasteiger charge is -2.30. The van der Waals surface area contributed by atoms with Crippen LogP contribution in [0.2, 0.25) is 0 Å². The zero-order valence-electron chi connectivity index (χ0n) is 12.9. The standard InChI is InChI=1S/C15H21N5O2/c1-3-20-10-11(9-17-20)18-15(21)12-5-4-8-22-13(12)14-16-6-7-19(14)2/h6-7,9-10,12-13H,3-5,8H2,1-2H3,(H,18,21)/t12-,13-/m1/s1. The maximum absolute atomic E-state index is 12.6. The summed E-state index contributed by atoms with van der Waals surface area (Å²) in [6.07, 6.45) is 8.48. The lowest BCUT2D eigenvalue weighted by molar-refractivity contribution is -0.130. The molecule has 1 aliphatic heterocycles. The Balaban J connectivity index is 1.75. The quantitative estimate of drug-likeness (QED) is 0.933. The predicted octanol–water partition coefficient (Wildman–Crippen LogP) is 1.74. The van der Waals surface area contributed by atoms with Crippen molar-refractivity contribution in [3.63, 3.8) is 0 Å². The average molecular weight is 303 g/mol. The number of carbonyl (C=O) groups is 1. The van der Waals surface area contributed by atoms with Crippen LogP contribution in [0.4, 0.5) is 5.69 Å². The molecule has 1 N–H and O–H groups in total. The van der Waals surface area contributed by atoms with E-state index in [1.807, 2.05) is 30.9 Å². The van der Waals surface area contributed by atoms with E-state index in [1.54, 1.807) is 17.1 Å². The van der Waals surface area contributed by atoms with Crippen LogP contribution in [0.25, 0.3) is 0 Å². The largest absolute Gasteiger partial charge is 0.369 e. The minimum absolute atomic E-state index is 0.0386. The zero-order valence-corrected chi connectivity index (χ0v) is 12.9. The molecule has 0 spiro atoms. The van der Waals surface area contributed by atoms with Crippen LogP contribution in [0, 0.1) is 5.92 Å². The third-order valence-electron chi connectivity index (χ3n) is 4.00. The second-order valence-electron chi connectivity index (χ2n) is 5.51. The molecule has 0 aromatic carbocycles. The van der Waals surface area contributed by atoms with Gasteiger partial charge in [-0.25, -0.2) is 4.98 Å². The molecule has 0 aliphatic carbocycles. The van der Waals surface area contributed by atoms with Gasteiger partial charge in [-0.05, 0) is 19.8 Å². The first-order chi connectivity index (χ1) is 10.7. The number of amides is 1. The van der Waals surface area contributed by atoms with Crippen molar-refractivity contribution in [2.75, 3.05) is 11.9 Å². The molecule has 1 aliphatic rings. The van der Waals surface area contributed by atoms with Crippen molar-refractivity contribution in [2.45, 2.75) is 32.4 Å². The molecule has 0 unspecified atom stereocenters. The molecule has 1 fully saturated rings.